The Kier molecular flexibility index (Phi) is 4.24. The van der Waals surface area contributed by atoms with Crippen molar-refractivity contribution < 1.29 is 9.18 Å². The molecule has 1 N–H and O–H groups in total. The molecule has 3 rings (SSSR count). The minimum atomic E-state index is -0.345. The van der Waals surface area contributed by atoms with E-state index in [0.29, 0.717) is 28.5 Å². The summed E-state index contributed by atoms with van der Waals surface area (Å²) in [6.07, 6.45) is 4.98. The molecule has 5 nitrogen and oxygen atoms in total. The van der Waals surface area contributed by atoms with Crippen LogP contribution in [-0.4, -0.2) is 27.2 Å². The smallest absolute Gasteiger partial charge is 0.263 e. The third-order valence-corrected chi connectivity index (χ3v) is 4.05. The van der Waals surface area contributed by atoms with Crippen molar-refractivity contribution >= 4 is 17.2 Å². The topological polar surface area (TPSA) is 59.8 Å². The van der Waals surface area contributed by atoms with Crippen LogP contribution in [0.4, 0.5) is 4.39 Å². The van der Waals surface area contributed by atoms with Crippen LogP contribution in [0.3, 0.4) is 0 Å². The number of hydrogen-bond donors (Lipinski definition) is 1. The van der Waals surface area contributed by atoms with Gasteiger partial charge in [-0.2, -0.15) is 5.10 Å². The third-order valence-electron chi connectivity index (χ3n) is 3.02. The fourth-order valence-corrected chi connectivity index (χ4v) is 2.80. The van der Waals surface area contributed by atoms with Crippen molar-refractivity contribution in [2.45, 2.75) is 6.54 Å². The zero-order valence-electron chi connectivity index (χ0n) is 11.6. The lowest BCUT2D eigenvalue weighted by Crippen LogP contribution is -2.26. The van der Waals surface area contributed by atoms with E-state index in [1.54, 1.807) is 29.1 Å². The van der Waals surface area contributed by atoms with Crippen LogP contribution in [0.15, 0.2) is 48.9 Å². The van der Waals surface area contributed by atoms with Gasteiger partial charge in [-0.1, -0.05) is 12.1 Å². The standard InChI is InChI=1S/C15H13FN4OS/c16-12-5-2-1-4-11(12)15-18-10-13(22-15)14(21)17-7-9-20-8-3-6-19-20/h1-6,8,10H,7,9H2,(H,17,21). The molecule has 0 aliphatic heterocycles. The van der Waals surface area contributed by atoms with Gasteiger partial charge in [0.25, 0.3) is 5.91 Å². The van der Waals surface area contributed by atoms with Crippen LogP contribution in [0.2, 0.25) is 0 Å². The molecule has 0 bridgehead atoms. The molecule has 3 aromatic rings. The Balaban J connectivity index is 1.63. The number of halogens is 1. The predicted octanol–water partition coefficient (Wildman–Crippen LogP) is 2.58. The summed E-state index contributed by atoms with van der Waals surface area (Å²) in [5.41, 5.74) is 0.406. The molecule has 0 fully saturated rings. The highest BCUT2D eigenvalue weighted by molar-refractivity contribution is 7.16. The van der Waals surface area contributed by atoms with E-state index in [1.807, 2.05) is 12.3 Å². The Hall–Kier alpha value is -2.54. The van der Waals surface area contributed by atoms with Gasteiger partial charge in [-0.3, -0.25) is 9.48 Å². The van der Waals surface area contributed by atoms with Gasteiger partial charge in [-0.15, -0.1) is 11.3 Å². The quantitative estimate of drug-likeness (QED) is 0.787. The second kappa shape index (κ2) is 6.48. The van der Waals surface area contributed by atoms with Crippen molar-refractivity contribution in [3.63, 3.8) is 0 Å². The van der Waals surface area contributed by atoms with E-state index in [-0.39, 0.29) is 11.7 Å². The highest BCUT2D eigenvalue weighted by atomic mass is 32.1. The molecule has 0 atom stereocenters. The van der Waals surface area contributed by atoms with Gasteiger partial charge >= 0.3 is 0 Å². The molecule has 7 heteroatoms. The fourth-order valence-electron chi connectivity index (χ4n) is 1.94. The second-order valence-corrected chi connectivity index (χ2v) is 5.57. The van der Waals surface area contributed by atoms with Crippen LogP contribution >= 0.6 is 11.3 Å². The molecule has 2 aromatic heterocycles. The molecule has 0 aliphatic carbocycles. The summed E-state index contributed by atoms with van der Waals surface area (Å²) in [5, 5.41) is 7.34. The minimum absolute atomic E-state index is 0.216. The lowest BCUT2D eigenvalue weighted by molar-refractivity contribution is 0.0956. The zero-order chi connectivity index (χ0) is 15.4. The maximum absolute atomic E-state index is 13.7. The number of amides is 1. The lowest BCUT2D eigenvalue weighted by Gasteiger charge is -2.03. The normalized spacial score (nSPS) is 10.6. The fraction of sp³-hybridized carbons (Fsp3) is 0.133. The summed E-state index contributed by atoms with van der Waals surface area (Å²) in [7, 11) is 0. The van der Waals surface area contributed by atoms with Gasteiger partial charge in [-0.05, 0) is 18.2 Å². The first-order valence-electron chi connectivity index (χ1n) is 6.70. The first-order valence-corrected chi connectivity index (χ1v) is 7.52. The highest BCUT2D eigenvalue weighted by Crippen LogP contribution is 2.27. The van der Waals surface area contributed by atoms with Crippen molar-refractivity contribution in [3.05, 3.63) is 59.6 Å². The maximum Gasteiger partial charge on any atom is 0.263 e. The van der Waals surface area contributed by atoms with E-state index in [9.17, 15) is 9.18 Å². The third kappa shape index (κ3) is 3.20. The SMILES string of the molecule is O=C(NCCn1cccn1)c1cnc(-c2ccccc2F)s1. The highest BCUT2D eigenvalue weighted by Gasteiger charge is 2.13. The molecular formula is C15H13FN4OS. The summed E-state index contributed by atoms with van der Waals surface area (Å²) in [6.45, 7) is 1.06. The van der Waals surface area contributed by atoms with Crippen molar-refractivity contribution in [1.29, 1.82) is 0 Å². The Morgan fingerprint density at radius 2 is 2.18 bits per heavy atom. The Morgan fingerprint density at radius 1 is 1.32 bits per heavy atom. The summed E-state index contributed by atoms with van der Waals surface area (Å²) in [6, 6.07) is 8.21. The largest absolute Gasteiger partial charge is 0.349 e. The molecule has 0 radical (unpaired) electrons. The average Bonchev–Trinajstić information content (AvgIpc) is 3.19. The van der Waals surface area contributed by atoms with E-state index in [0.717, 1.165) is 0 Å². The van der Waals surface area contributed by atoms with E-state index in [4.69, 9.17) is 0 Å². The molecule has 0 saturated carbocycles. The van der Waals surface area contributed by atoms with Crippen molar-refractivity contribution in [2.75, 3.05) is 6.54 Å². The molecule has 0 spiro atoms. The van der Waals surface area contributed by atoms with Crippen molar-refractivity contribution in [3.8, 4) is 10.6 Å². The molecular weight excluding hydrogens is 303 g/mol. The molecule has 0 aliphatic rings. The Bertz CT molecular complexity index is 769. The van der Waals surface area contributed by atoms with Gasteiger partial charge in [0.15, 0.2) is 0 Å². The first-order chi connectivity index (χ1) is 10.7. The molecule has 1 aromatic carbocycles. The van der Waals surface area contributed by atoms with Gasteiger partial charge in [-0.25, -0.2) is 9.37 Å². The van der Waals surface area contributed by atoms with Crippen LogP contribution < -0.4 is 5.32 Å². The number of nitrogens with zero attached hydrogens (tertiary/aromatic N) is 3. The number of aromatic nitrogens is 3. The minimum Gasteiger partial charge on any atom is -0.349 e. The van der Waals surface area contributed by atoms with Crippen LogP contribution in [0.1, 0.15) is 9.67 Å². The van der Waals surface area contributed by atoms with Crippen LogP contribution in [0, 0.1) is 5.82 Å². The second-order valence-electron chi connectivity index (χ2n) is 4.53. The molecule has 1 amide bonds. The van der Waals surface area contributed by atoms with E-state index in [2.05, 4.69) is 15.4 Å². The zero-order valence-corrected chi connectivity index (χ0v) is 12.4. The van der Waals surface area contributed by atoms with Crippen molar-refractivity contribution in [2.24, 2.45) is 0 Å². The van der Waals surface area contributed by atoms with Gasteiger partial charge in [0.1, 0.15) is 15.7 Å². The van der Waals surface area contributed by atoms with Gasteiger partial charge in [0.2, 0.25) is 0 Å². The summed E-state index contributed by atoms with van der Waals surface area (Å²) < 4.78 is 15.4. The number of rotatable bonds is 5. The molecule has 22 heavy (non-hydrogen) atoms. The molecule has 0 unspecified atom stereocenters. The predicted molar refractivity (Wildman–Crippen MR) is 82.1 cm³/mol. The average molecular weight is 316 g/mol. The maximum atomic E-state index is 13.7. The monoisotopic (exact) mass is 316 g/mol. The van der Waals surface area contributed by atoms with Crippen LogP contribution in [-0.2, 0) is 6.54 Å². The van der Waals surface area contributed by atoms with E-state index >= 15 is 0 Å². The van der Waals surface area contributed by atoms with Gasteiger partial charge < -0.3 is 5.32 Å². The lowest BCUT2D eigenvalue weighted by atomic mass is 10.2. The van der Waals surface area contributed by atoms with E-state index in [1.165, 1.54) is 23.6 Å². The van der Waals surface area contributed by atoms with E-state index < -0.39 is 0 Å². The first kappa shape index (κ1) is 14.4. The number of thiazole rings is 1. The Morgan fingerprint density at radius 3 is 2.95 bits per heavy atom. The van der Waals surface area contributed by atoms with Crippen LogP contribution in [0.5, 0.6) is 0 Å². The number of carbonyl (C=O) groups is 1. The summed E-state index contributed by atoms with van der Waals surface area (Å²) >= 11 is 1.17. The van der Waals surface area contributed by atoms with Crippen molar-refractivity contribution in [1.82, 2.24) is 20.1 Å². The number of nitrogens with one attached hydrogen (secondary N) is 1. The van der Waals surface area contributed by atoms with Crippen LogP contribution in [0.25, 0.3) is 10.6 Å². The molecule has 112 valence electrons. The molecule has 2 heterocycles. The summed E-state index contributed by atoms with van der Waals surface area (Å²) in [4.78, 5) is 16.6. The van der Waals surface area contributed by atoms with Gasteiger partial charge in [0, 0.05) is 24.5 Å². The summed E-state index contributed by atoms with van der Waals surface area (Å²) in [5.74, 6) is -0.560. The number of hydrogen-bond acceptors (Lipinski definition) is 4. The number of carbonyl (C=O) groups excluding carboxylic acids is 1. The molecule has 0 saturated heterocycles. The van der Waals surface area contributed by atoms with Gasteiger partial charge in [0.05, 0.1) is 12.7 Å². The number of benzene rings is 1. The Labute approximate surface area is 130 Å².